The highest BCUT2D eigenvalue weighted by Crippen LogP contribution is 2.32. The summed E-state index contributed by atoms with van der Waals surface area (Å²) in [4.78, 5) is 18.5. The van der Waals surface area contributed by atoms with E-state index in [9.17, 15) is 4.79 Å². The topological polar surface area (TPSA) is 92.8 Å². The highest BCUT2D eigenvalue weighted by molar-refractivity contribution is 7.15. The van der Waals surface area contributed by atoms with Crippen LogP contribution in [0.2, 0.25) is 5.02 Å². The van der Waals surface area contributed by atoms with Gasteiger partial charge in [-0.1, -0.05) is 60.2 Å². The number of methoxy groups -OCH3 is 2. The van der Waals surface area contributed by atoms with Crippen LogP contribution < -0.4 is 24.3 Å². The molecule has 3 heterocycles. The Kier molecular flexibility index (Phi) is 8.44. The molecule has 0 fully saturated rings. The first-order chi connectivity index (χ1) is 21.5. The van der Waals surface area contributed by atoms with E-state index < -0.39 is 0 Å². The molecule has 0 amide bonds. The fourth-order valence-electron chi connectivity index (χ4n) is 4.60. The van der Waals surface area contributed by atoms with Crippen LogP contribution in [0.15, 0.2) is 77.7 Å². The molecule has 0 aliphatic carbocycles. The predicted octanol–water partition coefficient (Wildman–Crippen LogP) is 6.18. The first-order valence-electron chi connectivity index (χ1n) is 13.9. The highest BCUT2D eigenvalue weighted by Gasteiger charge is 2.15. The Bertz CT molecular complexity index is 2080. The molecule has 0 aliphatic heterocycles. The van der Waals surface area contributed by atoms with E-state index in [1.807, 2.05) is 92.0 Å². The van der Waals surface area contributed by atoms with Crippen molar-refractivity contribution in [1.29, 1.82) is 0 Å². The summed E-state index contributed by atoms with van der Waals surface area (Å²) in [5.41, 5.74) is 3.73. The van der Waals surface area contributed by atoms with Crippen LogP contribution in [0, 0.1) is 0 Å². The molecule has 0 saturated carbocycles. The zero-order chi connectivity index (χ0) is 30.6. The molecule has 3 aromatic heterocycles. The smallest absolute Gasteiger partial charge is 0.291 e. The lowest BCUT2D eigenvalue weighted by Crippen LogP contribution is -2.23. The average molecular weight is 626 g/mol. The summed E-state index contributed by atoms with van der Waals surface area (Å²) in [7, 11) is 3.18. The van der Waals surface area contributed by atoms with Crippen LogP contribution in [0.25, 0.3) is 40.1 Å². The van der Waals surface area contributed by atoms with Gasteiger partial charge in [0.1, 0.15) is 11.4 Å². The second kappa shape index (κ2) is 12.7. The molecule has 0 bridgehead atoms. The number of ether oxygens (including phenoxy) is 3. The maximum atomic E-state index is 13.4. The molecule has 11 heteroatoms. The second-order valence-corrected chi connectivity index (χ2v) is 11.2. The van der Waals surface area contributed by atoms with E-state index in [0.29, 0.717) is 49.9 Å². The van der Waals surface area contributed by atoms with E-state index >= 15 is 0 Å². The van der Waals surface area contributed by atoms with Gasteiger partial charge in [-0.2, -0.15) is 14.6 Å². The summed E-state index contributed by atoms with van der Waals surface area (Å²) in [6.07, 6.45) is 8.20. The lowest BCUT2D eigenvalue weighted by molar-refractivity contribution is 0.317. The van der Waals surface area contributed by atoms with Gasteiger partial charge in [0.15, 0.2) is 17.3 Å². The Hall–Kier alpha value is -4.93. The maximum Gasteiger partial charge on any atom is 0.291 e. The number of halogens is 1. The molecular weight excluding hydrogens is 598 g/mol. The molecule has 6 aromatic rings. The van der Waals surface area contributed by atoms with Crippen LogP contribution in [-0.2, 0) is 0 Å². The third-order valence-electron chi connectivity index (χ3n) is 6.75. The molecule has 44 heavy (non-hydrogen) atoms. The lowest BCUT2D eigenvalue weighted by Gasteiger charge is -2.08. The predicted molar refractivity (Wildman–Crippen MR) is 174 cm³/mol. The van der Waals surface area contributed by atoms with Crippen LogP contribution in [-0.4, -0.2) is 45.2 Å². The fraction of sp³-hybridized carbons (Fsp3) is 0.152. The summed E-state index contributed by atoms with van der Waals surface area (Å²) < 4.78 is 20.0. The number of benzene rings is 3. The molecule has 0 saturated heterocycles. The van der Waals surface area contributed by atoms with Crippen LogP contribution >= 0.6 is 22.9 Å². The number of hydrogen-bond acceptors (Lipinski definition) is 8. The van der Waals surface area contributed by atoms with Gasteiger partial charge in [0, 0.05) is 17.3 Å². The lowest BCUT2D eigenvalue weighted by atomic mass is 10.1. The van der Waals surface area contributed by atoms with Gasteiger partial charge in [-0.3, -0.25) is 4.79 Å². The van der Waals surface area contributed by atoms with Gasteiger partial charge >= 0.3 is 0 Å². The molecule has 3 aromatic carbocycles. The molecule has 0 spiro atoms. The van der Waals surface area contributed by atoms with Crippen molar-refractivity contribution in [3.8, 4) is 34.2 Å². The molecule has 222 valence electrons. The highest BCUT2D eigenvalue weighted by atomic mass is 35.5. The first-order valence-corrected chi connectivity index (χ1v) is 15.1. The van der Waals surface area contributed by atoms with Crippen molar-refractivity contribution in [2.75, 3.05) is 20.8 Å². The third-order valence-corrected chi connectivity index (χ3v) is 8.00. The van der Waals surface area contributed by atoms with Crippen molar-refractivity contribution in [3.05, 3.63) is 110 Å². The molecule has 9 nitrogen and oxygen atoms in total. The third kappa shape index (κ3) is 5.95. The Morgan fingerprint density at radius 3 is 2.45 bits per heavy atom. The normalized spacial score (nSPS) is 12.0. The van der Waals surface area contributed by atoms with Crippen molar-refractivity contribution < 1.29 is 14.2 Å². The van der Waals surface area contributed by atoms with E-state index in [2.05, 4.69) is 10.1 Å². The summed E-state index contributed by atoms with van der Waals surface area (Å²) in [6.45, 7) is 2.62. The SMILES string of the molecule is CCCOc1ccc(-c2nn(-c3ccccc3)cc2/C=c2\sc3nc(/C=C/c4ccc(OC)c(OC)c4)nn3c2=O)cc1Cl. The van der Waals surface area contributed by atoms with Gasteiger partial charge in [0.25, 0.3) is 5.56 Å². The Labute approximate surface area is 262 Å². The quantitative estimate of drug-likeness (QED) is 0.179. The molecule has 0 N–H and O–H groups in total. The molecular formula is C33H28ClN5O4S. The fourth-order valence-corrected chi connectivity index (χ4v) is 5.74. The van der Waals surface area contributed by atoms with Crippen LogP contribution in [0.3, 0.4) is 0 Å². The van der Waals surface area contributed by atoms with Crippen molar-refractivity contribution in [1.82, 2.24) is 24.4 Å². The number of rotatable bonds is 10. The Balaban J connectivity index is 1.36. The Morgan fingerprint density at radius 1 is 0.932 bits per heavy atom. The van der Waals surface area contributed by atoms with Gasteiger partial charge in [0.05, 0.1) is 36.1 Å². The number of hydrogen-bond donors (Lipinski definition) is 0. The average Bonchev–Trinajstić information content (AvgIpc) is 3.74. The zero-order valence-electron chi connectivity index (χ0n) is 24.2. The van der Waals surface area contributed by atoms with Gasteiger partial charge in [-0.15, -0.1) is 5.10 Å². The molecule has 0 aliphatic rings. The summed E-state index contributed by atoms with van der Waals surface area (Å²) in [5, 5.41) is 9.79. The van der Waals surface area contributed by atoms with Crippen LogP contribution in [0.4, 0.5) is 0 Å². The monoisotopic (exact) mass is 625 g/mol. The number of para-hydroxylation sites is 1. The first kappa shape index (κ1) is 29.2. The van der Waals surface area contributed by atoms with Crippen LogP contribution in [0.1, 0.15) is 30.3 Å². The van der Waals surface area contributed by atoms with Gasteiger partial charge in [-0.25, -0.2) is 4.68 Å². The molecule has 0 unspecified atom stereocenters. The summed E-state index contributed by atoms with van der Waals surface area (Å²) in [5.74, 6) is 2.30. The van der Waals surface area contributed by atoms with E-state index in [1.54, 1.807) is 25.0 Å². The maximum absolute atomic E-state index is 13.4. The standard InChI is InChI=1S/C33H28ClN5O4S/c1-4-16-43-26-14-12-22(18-25(26)34)31-23(20-38(37-31)24-8-6-5-7-9-24)19-29-32(40)39-33(44-29)35-30(36-39)15-11-21-10-13-27(41-2)28(17-21)42-3/h5-15,17-20H,4,16H2,1-3H3/b15-11+,29-19-. The summed E-state index contributed by atoms with van der Waals surface area (Å²) in [6, 6.07) is 21.0. The minimum Gasteiger partial charge on any atom is -0.493 e. The Morgan fingerprint density at radius 2 is 1.73 bits per heavy atom. The number of fused-ring (bicyclic) bond motifs is 1. The second-order valence-electron chi connectivity index (χ2n) is 9.73. The van der Waals surface area contributed by atoms with Crippen molar-refractivity contribution >= 4 is 46.1 Å². The number of aromatic nitrogens is 5. The van der Waals surface area contributed by atoms with E-state index in [0.717, 1.165) is 28.8 Å². The van der Waals surface area contributed by atoms with Gasteiger partial charge in [-0.05, 0) is 66.6 Å². The van der Waals surface area contributed by atoms with E-state index in [1.165, 1.54) is 15.9 Å². The largest absolute Gasteiger partial charge is 0.493 e. The van der Waals surface area contributed by atoms with Gasteiger partial charge < -0.3 is 14.2 Å². The molecule has 6 rings (SSSR count). The number of nitrogens with zero attached hydrogens (tertiary/aromatic N) is 5. The van der Waals surface area contributed by atoms with Crippen molar-refractivity contribution in [2.45, 2.75) is 13.3 Å². The van der Waals surface area contributed by atoms with E-state index in [-0.39, 0.29) is 5.56 Å². The minimum atomic E-state index is -0.261. The van der Waals surface area contributed by atoms with Crippen molar-refractivity contribution in [2.24, 2.45) is 0 Å². The number of thiazole rings is 1. The minimum absolute atomic E-state index is 0.261. The summed E-state index contributed by atoms with van der Waals surface area (Å²) >= 11 is 7.83. The van der Waals surface area contributed by atoms with Gasteiger partial charge in [0.2, 0.25) is 4.96 Å². The van der Waals surface area contributed by atoms with Crippen LogP contribution in [0.5, 0.6) is 17.2 Å². The van der Waals surface area contributed by atoms with Crippen molar-refractivity contribution in [3.63, 3.8) is 0 Å². The van der Waals surface area contributed by atoms with E-state index in [4.69, 9.17) is 30.9 Å². The molecule has 0 radical (unpaired) electrons. The molecule has 0 atom stereocenters. The zero-order valence-corrected chi connectivity index (χ0v) is 25.8.